The Morgan fingerprint density at radius 1 is 1.37 bits per heavy atom. The first-order valence-corrected chi connectivity index (χ1v) is 6.82. The fraction of sp³-hybridized carbons (Fsp3) is 0.643. The first-order valence-electron chi connectivity index (χ1n) is 6.82. The van der Waals surface area contributed by atoms with Gasteiger partial charge in [-0.2, -0.15) is 0 Å². The van der Waals surface area contributed by atoms with Crippen LogP contribution >= 0.6 is 0 Å². The van der Waals surface area contributed by atoms with Crippen LogP contribution in [0.2, 0.25) is 0 Å². The molecule has 2 heterocycles. The lowest BCUT2D eigenvalue weighted by Crippen LogP contribution is -2.37. The highest BCUT2D eigenvalue weighted by Gasteiger charge is 2.20. The molecule has 0 bridgehead atoms. The number of nitrogens with two attached hydrogens (primary N) is 1. The lowest BCUT2D eigenvalue weighted by molar-refractivity contribution is -0.0157. The highest BCUT2D eigenvalue weighted by molar-refractivity contribution is 5.38. The fourth-order valence-electron chi connectivity index (χ4n) is 2.36. The number of hydrogen-bond donors (Lipinski definition) is 1. The number of piperidine rings is 1. The van der Waals surface area contributed by atoms with Crippen LogP contribution in [0.5, 0.6) is 0 Å². The molecular formula is C14H23N3O2. The topological polar surface area (TPSA) is 60.6 Å². The number of nitrogen functional groups attached to an aromatic ring is 1. The number of likely N-dealkylation sites (tertiary alicyclic amines) is 1. The van der Waals surface area contributed by atoms with Gasteiger partial charge in [0.05, 0.1) is 19.3 Å². The zero-order valence-electron chi connectivity index (χ0n) is 11.5. The molecule has 0 spiro atoms. The molecule has 19 heavy (non-hydrogen) atoms. The first kappa shape index (κ1) is 14.2. The van der Waals surface area contributed by atoms with Gasteiger partial charge in [-0.15, -0.1) is 0 Å². The zero-order chi connectivity index (χ0) is 13.5. The molecule has 0 amide bonds. The van der Waals surface area contributed by atoms with E-state index in [4.69, 9.17) is 15.2 Å². The molecule has 1 aliphatic rings. The summed E-state index contributed by atoms with van der Waals surface area (Å²) in [5.41, 5.74) is 6.98. The third-order valence-corrected chi connectivity index (χ3v) is 3.50. The average molecular weight is 265 g/mol. The number of anilines is 1. The average Bonchev–Trinajstić information content (AvgIpc) is 2.44. The summed E-state index contributed by atoms with van der Waals surface area (Å²) in [5.74, 6) is 0.640. The Bertz CT molecular complexity index is 379. The van der Waals surface area contributed by atoms with E-state index in [0.29, 0.717) is 25.1 Å². The normalized spacial score (nSPS) is 17.7. The molecule has 0 unspecified atom stereocenters. The maximum Gasteiger partial charge on any atom is 0.127 e. The highest BCUT2D eigenvalue weighted by Crippen LogP contribution is 2.17. The van der Waals surface area contributed by atoms with Crippen LogP contribution in [0.15, 0.2) is 18.3 Å². The first-order chi connectivity index (χ1) is 9.29. The molecule has 106 valence electrons. The van der Waals surface area contributed by atoms with Crippen molar-refractivity contribution in [1.82, 2.24) is 9.88 Å². The molecule has 1 saturated heterocycles. The molecule has 0 aromatic carbocycles. The molecule has 2 rings (SSSR count). The van der Waals surface area contributed by atoms with Crippen LogP contribution in [-0.4, -0.2) is 49.4 Å². The largest absolute Gasteiger partial charge is 0.383 e. The standard InChI is InChI=1S/C14H23N3O2/c1-18-9-10-19-13-4-7-17(8-5-13)11-12-3-2-6-16-14(12)15/h2-3,6,13H,4-5,7-11H2,1H3,(H2,15,16). The van der Waals surface area contributed by atoms with Crippen molar-refractivity contribution in [2.45, 2.75) is 25.5 Å². The Kier molecular flexibility index (Phi) is 5.57. The van der Waals surface area contributed by atoms with Crippen molar-refractivity contribution in [1.29, 1.82) is 0 Å². The summed E-state index contributed by atoms with van der Waals surface area (Å²) in [6, 6.07) is 3.98. The van der Waals surface area contributed by atoms with Crippen LogP contribution in [0.3, 0.4) is 0 Å². The predicted octanol–water partition coefficient (Wildman–Crippen LogP) is 1.29. The molecular weight excluding hydrogens is 242 g/mol. The lowest BCUT2D eigenvalue weighted by atomic mass is 10.1. The van der Waals surface area contributed by atoms with Crippen molar-refractivity contribution < 1.29 is 9.47 Å². The Labute approximate surface area is 114 Å². The minimum Gasteiger partial charge on any atom is -0.383 e. The Balaban J connectivity index is 1.73. The molecule has 2 N–H and O–H groups in total. The minimum absolute atomic E-state index is 0.373. The van der Waals surface area contributed by atoms with E-state index in [0.717, 1.165) is 38.0 Å². The van der Waals surface area contributed by atoms with E-state index < -0.39 is 0 Å². The second kappa shape index (κ2) is 7.43. The van der Waals surface area contributed by atoms with E-state index in [9.17, 15) is 0 Å². The van der Waals surface area contributed by atoms with Crippen molar-refractivity contribution in [2.24, 2.45) is 0 Å². The van der Waals surface area contributed by atoms with Gasteiger partial charge in [-0.05, 0) is 18.9 Å². The monoisotopic (exact) mass is 265 g/mol. The second-order valence-electron chi connectivity index (χ2n) is 4.89. The molecule has 5 nitrogen and oxygen atoms in total. The molecule has 5 heteroatoms. The van der Waals surface area contributed by atoms with E-state index in [-0.39, 0.29) is 0 Å². The molecule has 1 aliphatic heterocycles. The van der Waals surface area contributed by atoms with Crippen molar-refractivity contribution in [2.75, 3.05) is 39.1 Å². The van der Waals surface area contributed by atoms with Gasteiger partial charge in [-0.3, -0.25) is 4.90 Å². The number of methoxy groups -OCH3 is 1. The van der Waals surface area contributed by atoms with E-state index >= 15 is 0 Å². The van der Waals surface area contributed by atoms with E-state index in [2.05, 4.69) is 9.88 Å². The van der Waals surface area contributed by atoms with Gasteiger partial charge in [0.1, 0.15) is 5.82 Å². The summed E-state index contributed by atoms with van der Waals surface area (Å²) in [6.07, 6.45) is 4.25. The predicted molar refractivity (Wildman–Crippen MR) is 74.8 cm³/mol. The summed E-state index contributed by atoms with van der Waals surface area (Å²) in [6.45, 7) is 4.34. The molecule has 0 atom stereocenters. The number of aromatic nitrogens is 1. The summed E-state index contributed by atoms with van der Waals surface area (Å²) in [5, 5.41) is 0. The van der Waals surface area contributed by atoms with Crippen LogP contribution in [0.1, 0.15) is 18.4 Å². The smallest absolute Gasteiger partial charge is 0.127 e. The summed E-state index contributed by atoms with van der Waals surface area (Å²) >= 11 is 0. The van der Waals surface area contributed by atoms with Crippen LogP contribution in [0.4, 0.5) is 5.82 Å². The van der Waals surface area contributed by atoms with Gasteiger partial charge in [-0.25, -0.2) is 4.98 Å². The van der Waals surface area contributed by atoms with Gasteiger partial charge in [0.25, 0.3) is 0 Å². The molecule has 1 aromatic heterocycles. The van der Waals surface area contributed by atoms with Crippen LogP contribution in [0.25, 0.3) is 0 Å². The summed E-state index contributed by atoms with van der Waals surface area (Å²) in [7, 11) is 1.70. The Hall–Kier alpha value is -1.17. The fourth-order valence-corrected chi connectivity index (χ4v) is 2.36. The number of rotatable bonds is 6. The number of pyridine rings is 1. The highest BCUT2D eigenvalue weighted by atomic mass is 16.5. The quantitative estimate of drug-likeness (QED) is 0.785. The van der Waals surface area contributed by atoms with Gasteiger partial charge in [-0.1, -0.05) is 6.07 Å². The maximum atomic E-state index is 5.87. The number of hydrogen-bond acceptors (Lipinski definition) is 5. The zero-order valence-corrected chi connectivity index (χ0v) is 11.5. The Morgan fingerprint density at radius 3 is 2.84 bits per heavy atom. The van der Waals surface area contributed by atoms with Gasteiger partial charge >= 0.3 is 0 Å². The maximum absolute atomic E-state index is 5.87. The second-order valence-corrected chi connectivity index (χ2v) is 4.89. The van der Waals surface area contributed by atoms with Gasteiger partial charge < -0.3 is 15.2 Å². The third kappa shape index (κ3) is 4.45. The van der Waals surface area contributed by atoms with Crippen LogP contribution < -0.4 is 5.73 Å². The summed E-state index contributed by atoms with van der Waals surface area (Å²) < 4.78 is 10.7. The van der Waals surface area contributed by atoms with Crippen molar-refractivity contribution in [3.63, 3.8) is 0 Å². The lowest BCUT2D eigenvalue weighted by Gasteiger charge is -2.32. The summed E-state index contributed by atoms with van der Waals surface area (Å²) in [4.78, 5) is 6.53. The molecule has 1 aromatic rings. The van der Waals surface area contributed by atoms with Crippen LogP contribution in [-0.2, 0) is 16.0 Å². The molecule has 1 fully saturated rings. The molecule has 0 aliphatic carbocycles. The Morgan fingerprint density at radius 2 is 2.16 bits per heavy atom. The van der Waals surface area contributed by atoms with Gasteiger partial charge in [0, 0.05) is 38.5 Å². The van der Waals surface area contributed by atoms with E-state index in [1.54, 1.807) is 13.3 Å². The van der Waals surface area contributed by atoms with Crippen LogP contribution in [0, 0.1) is 0 Å². The minimum atomic E-state index is 0.373. The van der Waals surface area contributed by atoms with E-state index in [1.165, 1.54) is 0 Å². The molecule has 0 radical (unpaired) electrons. The van der Waals surface area contributed by atoms with Gasteiger partial charge in [0.15, 0.2) is 0 Å². The SMILES string of the molecule is COCCOC1CCN(Cc2cccnc2N)CC1. The van der Waals surface area contributed by atoms with Crippen molar-refractivity contribution >= 4 is 5.82 Å². The number of nitrogens with zero attached hydrogens (tertiary/aromatic N) is 2. The van der Waals surface area contributed by atoms with Crippen molar-refractivity contribution in [3.05, 3.63) is 23.9 Å². The van der Waals surface area contributed by atoms with E-state index in [1.807, 2.05) is 12.1 Å². The molecule has 0 saturated carbocycles. The van der Waals surface area contributed by atoms with Gasteiger partial charge in [0.2, 0.25) is 0 Å². The number of ether oxygens (including phenoxy) is 2. The third-order valence-electron chi connectivity index (χ3n) is 3.50. The van der Waals surface area contributed by atoms with Crippen molar-refractivity contribution in [3.8, 4) is 0 Å².